The van der Waals surface area contributed by atoms with Crippen molar-refractivity contribution in [3.8, 4) is 5.69 Å². The highest BCUT2D eigenvalue weighted by atomic mass is 79.9. The Kier molecular flexibility index (Phi) is 4.03. The van der Waals surface area contributed by atoms with Gasteiger partial charge in [-0.2, -0.15) is 0 Å². The molecular formula is C15H17BrClN3. The van der Waals surface area contributed by atoms with Gasteiger partial charge >= 0.3 is 0 Å². The lowest BCUT2D eigenvalue weighted by Crippen LogP contribution is -2.17. The standard InChI is InChI=1S/C15H17BrClN3/c1-10-9-20(14-7-6-11(16)8-13(14)17)15(18-10)19-12-4-2-3-5-12/h6-9,12H,2-5H2,1H3,(H,18,19). The molecule has 3 rings (SSSR count). The van der Waals surface area contributed by atoms with Crippen LogP contribution in [0.3, 0.4) is 0 Å². The van der Waals surface area contributed by atoms with Crippen LogP contribution in [0.25, 0.3) is 5.69 Å². The van der Waals surface area contributed by atoms with Crippen molar-refractivity contribution in [2.24, 2.45) is 0 Å². The van der Waals surface area contributed by atoms with Gasteiger partial charge in [-0.05, 0) is 38.0 Å². The molecular weight excluding hydrogens is 338 g/mol. The molecule has 0 saturated heterocycles. The summed E-state index contributed by atoms with van der Waals surface area (Å²) >= 11 is 9.79. The van der Waals surface area contributed by atoms with Crippen LogP contribution in [0.5, 0.6) is 0 Å². The molecule has 20 heavy (non-hydrogen) atoms. The SMILES string of the molecule is Cc1cn(-c2ccc(Br)cc2Cl)c(NC2CCCC2)n1. The van der Waals surface area contributed by atoms with Crippen molar-refractivity contribution in [3.05, 3.63) is 39.6 Å². The summed E-state index contributed by atoms with van der Waals surface area (Å²) in [5, 5.41) is 4.27. The van der Waals surface area contributed by atoms with Crippen LogP contribution in [0.15, 0.2) is 28.9 Å². The molecule has 5 heteroatoms. The van der Waals surface area contributed by atoms with Crippen LogP contribution in [-0.2, 0) is 0 Å². The van der Waals surface area contributed by atoms with Crippen molar-refractivity contribution in [3.63, 3.8) is 0 Å². The lowest BCUT2D eigenvalue weighted by Gasteiger charge is -2.15. The Morgan fingerprint density at radius 1 is 1.35 bits per heavy atom. The minimum atomic E-state index is 0.532. The largest absolute Gasteiger partial charge is 0.353 e. The third-order valence-corrected chi connectivity index (χ3v) is 4.48. The Balaban J connectivity index is 1.95. The number of hydrogen-bond donors (Lipinski definition) is 1. The van der Waals surface area contributed by atoms with Crippen molar-refractivity contribution in [1.82, 2.24) is 9.55 Å². The normalized spacial score (nSPS) is 15.8. The first kappa shape index (κ1) is 14.0. The fourth-order valence-electron chi connectivity index (χ4n) is 2.71. The number of aryl methyl sites for hydroxylation is 1. The topological polar surface area (TPSA) is 29.9 Å². The number of rotatable bonds is 3. The van der Waals surface area contributed by atoms with Gasteiger partial charge in [-0.1, -0.05) is 40.4 Å². The van der Waals surface area contributed by atoms with E-state index in [2.05, 4.69) is 26.2 Å². The zero-order chi connectivity index (χ0) is 14.1. The molecule has 0 aliphatic heterocycles. The summed E-state index contributed by atoms with van der Waals surface area (Å²) in [5.74, 6) is 0.888. The molecule has 1 fully saturated rings. The molecule has 106 valence electrons. The predicted molar refractivity (Wildman–Crippen MR) is 86.9 cm³/mol. The molecule has 0 bridgehead atoms. The maximum atomic E-state index is 6.36. The molecule has 1 N–H and O–H groups in total. The van der Waals surface area contributed by atoms with Gasteiger partial charge in [-0.25, -0.2) is 4.98 Å². The first-order valence-corrected chi connectivity index (χ1v) is 8.08. The highest BCUT2D eigenvalue weighted by Gasteiger charge is 2.18. The molecule has 1 aliphatic carbocycles. The second-order valence-corrected chi connectivity index (χ2v) is 6.62. The second-order valence-electron chi connectivity index (χ2n) is 5.30. The zero-order valence-corrected chi connectivity index (χ0v) is 13.7. The van der Waals surface area contributed by atoms with Gasteiger partial charge in [0, 0.05) is 16.7 Å². The molecule has 0 unspecified atom stereocenters. The van der Waals surface area contributed by atoms with Crippen LogP contribution in [0.1, 0.15) is 31.4 Å². The van der Waals surface area contributed by atoms with Crippen LogP contribution >= 0.6 is 27.5 Å². The molecule has 1 aromatic heterocycles. The monoisotopic (exact) mass is 353 g/mol. The van der Waals surface area contributed by atoms with E-state index >= 15 is 0 Å². The van der Waals surface area contributed by atoms with Gasteiger partial charge in [0.05, 0.1) is 16.4 Å². The van der Waals surface area contributed by atoms with Crippen LogP contribution in [0.4, 0.5) is 5.95 Å². The average molecular weight is 355 g/mol. The fourth-order valence-corrected chi connectivity index (χ4v) is 3.48. The molecule has 0 amide bonds. The Morgan fingerprint density at radius 2 is 2.10 bits per heavy atom. The van der Waals surface area contributed by atoms with Crippen LogP contribution in [0.2, 0.25) is 5.02 Å². The second kappa shape index (κ2) is 5.78. The lowest BCUT2D eigenvalue weighted by atomic mass is 10.2. The fraction of sp³-hybridized carbons (Fsp3) is 0.400. The van der Waals surface area contributed by atoms with E-state index in [1.54, 1.807) is 0 Å². The van der Waals surface area contributed by atoms with Gasteiger partial charge in [0.15, 0.2) is 0 Å². The molecule has 0 radical (unpaired) electrons. The Morgan fingerprint density at radius 3 is 2.80 bits per heavy atom. The molecule has 3 nitrogen and oxygen atoms in total. The average Bonchev–Trinajstić information content (AvgIpc) is 3.00. The van der Waals surface area contributed by atoms with Gasteiger partial charge < -0.3 is 5.32 Å². The maximum Gasteiger partial charge on any atom is 0.208 e. The van der Waals surface area contributed by atoms with Crippen molar-refractivity contribution < 1.29 is 0 Å². The van der Waals surface area contributed by atoms with Crippen molar-refractivity contribution >= 4 is 33.5 Å². The lowest BCUT2D eigenvalue weighted by molar-refractivity contribution is 0.740. The number of anilines is 1. The van der Waals surface area contributed by atoms with Crippen LogP contribution in [-0.4, -0.2) is 15.6 Å². The molecule has 0 spiro atoms. The summed E-state index contributed by atoms with van der Waals surface area (Å²) in [6.07, 6.45) is 7.07. The zero-order valence-electron chi connectivity index (χ0n) is 11.4. The Bertz CT molecular complexity index is 618. The van der Waals surface area contributed by atoms with Gasteiger partial charge in [-0.3, -0.25) is 4.57 Å². The van der Waals surface area contributed by atoms with Crippen LogP contribution in [0, 0.1) is 6.92 Å². The summed E-state index contributed by atoms with van der Waals surface area (Å²) in [6, 6.07) is 6.44. The number of halogens is 2. The number of aromatic nitrogens is 2. The summed E-state index contributed by atoms with van der Waals surface area (Å²) in [6.45, 7) is 2.00. The molecule has 1 aliphatic rings. The first-order valence-electron chi connectivity index (χ1n) is 6.91. The molecule has 1 saturated carbocycles. The van der Waals surface area contributed by atoms with Crippen molar-refractivity contribution in [1.29, 1.82) is 0 Å². The van der Waals surface area contributed by atoms with Crippen molar-refractivity contribution in [2.45, 2.75) is 38.6 Å². The summed E-state index contributed by atoms with van der Waals surface area (Å²) in [5.41, 5.74) is 1.94. The molecule has 1 aromatic carbocycles. The third-order valence-electron chi connectivity index (χ3n) is 3.68. The van der Waals surface area contributed by atoms with E-state index in [1.807, 2.05) is 35.9 Å². The summed E-state index contributed by atoms with van der Waals surface area (Å²) < 4.78 is 3.02. The molecule has 2 aromatic rings. The smallest absolute Gasteiger partial charge is 0.208 e. The van der Waals surface area contributed by atoms with Gasteiger partial charge in [-0.15, -0.1) is 0 Å². The van der Waals surface area contributed by atoms with E-state index < -0.39 is 0 Å². The van der Waals surface area contributed by atoms with E-state index in [0.29, 0.717) is 11.1 Å². The number of hydrogen-bond acceptors (Lipinski definition) is 2. The van der Waals surface area contributed by atoms with Gasteiger partial charge in [0.1, 0.15) is 0 Å². The number of nitrogens with zero attached hydrogens (tertiary/aromatic N) is 2. The van der Waals surface area contributed by atoms with E-state index in [0.717, 1.165) is 21.8 Å². The van der Waals surface area contributed by atoms with E-state index in [4.69, 9.17) is 11.6 Å². The third kappa shape index (κ3) is 2.86. The highest BCUT2D eigenvalue weighted by Crippen LogP contribution is 2.29. The predicted octanol–water partition coefficient (Wildman–Crippen LogP) is 4.95. The summed E-state index contributed by atoms with van der Waals surface area (Å²) in [7, 11) is 0. The Hall–Kier alpha value is -1.00. The summed E-state index contributed by atoms with van der Waals surface area (Å²) in [4.78, 5) is 4.60. The van der Waals surface area contributed by atoms with Gasteiger partial charge in [0.2, 0.25) is 5.95 Å². The highest BCUT2D eigenvalue weighted by molar-refractivity contribution is 9.10. The molecule has 1 heterocycles. The minimum absolute atomic E-state index is 0.532. The van der Waals surface area contributed by atoms with Gasteiger partial charge in [0.25, 0.3) is 0 Å². The number of nitrogens with one attached hydrogen (secondary N) is 1. The van der Waals surface area contributed by atoms with Crippen molar-refractivity contribution in [2.75, 3.05) is 5.32 Å². The minimum Gasteiger partial charge on any atom is -0.353 e. The number of benzene rings is 1. The quantitative estimate of drug-likeness (QED) is 0.845. The van der Waals surface area contributed by atoms with Crippen LogP contribution < -0.4 is 5.32 Å². The van der Waals surface area contributed by atoms with E-state index in [-0.39, 0.29) is 0 Å². The Labute approximate surface area is 132 Å². The van der Waals surface area contributed by atoms with E-state index in [1.165, 1.54) is 25.7 Å². The number of imidazole rings is 1. The maximum absolute atomic E-state index is 6.36. The van der Waals surface area contributed by atoms with E-state index in [9.17, 15) is 0 Å². The first-order chi connectivity index (χ1) is 9.63. The molecule has 0 atom stereocenters.